The summed E-state index contributed by atoms with van der Waals surface area (Å²) in [4.78, 5) is 9.99. The summed E-state index contributed by atoms with van der Waals surface area (Å²) in [5.41, 5.74) is -0.319. The number of aliphatic hydroxyl groups excluding tert-OH is 1. The highest BCUT2D eigenvalue weighted by atomic mass is 35.5. The number of halogens is 2. The van der Waals surface area contributed by atoms with Crippen LogP contribution in [0.2, 0.25) is 10.0 Å². The number of hydrogen-bond acceptors (Lipinski definition) is 4. The summed E-state index contributed by atoms with van der Waals surface area (Å²) in [5.74, 6) is -0.0832. The molecule has 0 aromatic heterocycles. The predicted molar refractivity (Wildman–Crippen MR) is 55.7 cm³/mol. The molecule has 5 nitrogen and oxygen atoms in total. The lowest BCUT2D eigenvalue weighted by Gasteiger charge is -2.07. The van der Waals surface area contributed by atoms with Crippen molar-refractivity contribution in [3.8, 4) is 5.75 Å². The third kappa shape index (κ3) is 2.95. The van der Waals surface area contributed by atoms with Gasteiger partial charge in [0.05, 0.1) is 16.6 Å². The van der Waals surface area contributed by atoms with Crippen molar-refractivity contribution in [2.45, 2.75) is 0 Å². The minimum Gasteiger partial charge on any atom is -0.483 e. The topological polar surface area (TPSA) is 72.6 Å². The molecule has 0 heterocycles. The fraction of sp³-hybridized carbons (Fsp3) is 0.250. The molecule has 1 rings (SSSR count). The van der Waals surface area contributed by atoms with Crippen molar-refractivity contribution in [1.82, 2.24) is 0 Å². The molecule has 0 atom stereocenters. The van der Waals surface area contributed by atoms with E-state index in [1.54, 1.807) is 0 Å². The number of aliphatic hydroxyl groups is 1. The molecule has 0 aliphatic heterocycles. The number of ether oxygens (including phenoxy) is 1. The summed E-state index contributed by atoms with van der Waals surface area (Å²) in [7, 11) is 0. The van der Waals surface area contributed by atoms with Gasteiger partial charge in [0, 0.05) is 11.1 Å². The molecule has 0 spiro atoms. The van der Waals surface area contributed by atoms with Crippen LogP contribution in [0, 0.1) is 10.1 Å². The van der Waals surface area contributed by atoms with Gasteiger partial charge in [-0.15, -0.1) is 0 Å². The molecule has 0 fully saturated rings. The Morgan fingerprint density at radius 2 is 2.13 bits per heavy atom. The Labute approximate surface area is 95.3 Å². The van der Waals surface area contributed by atoms with Gasteiger partial charge >= 0.3 is 5.69 Å². The predicted octanol–water partition coefficient (Wildman–Crippen LogP) is 2.27. The van der Waals surface area contributed by atoms with Crippen molar-refractivity contribution in [3.63, 3.8) is 0 Å². The average Bonchev–Trinajstić information content (AvgIpc) is 2.15. The van der Waals surface area contributed by atoms with Crippen LogP contribution in [0.25, 0.3) is 0 Å². The largest absolute Gasteiger partial charge is 0.483 e. The maximum atomic E-state index is 10.6. The standard InChI is InChI=1S/C8H7Cl2NO4/c9-5-3-6(10)8(15-2-1-12)7(4-5)11(13)14/h3-4,12H,1-2H2. The summed E-state index contributed by atoms with van der Waals surface area (Å²) in [6.45, 7) is -0.321. The van der Waals surface area contributed by atoms with Crippen molar-refractivity contribution in [1.29, 1.82) is 0 Å². The second kappa shape index (κ2) is 5.16. The molecule has 0 bridgehead atoms. The third-order valence-electron chi connectivity index (χ3n) is 1.52. The van der Waals surface area contributed by atoms with Gasteiger partial charge in [-0.1, -0.05) is 23.2 Å². The molecule has 0 saturated heterocycles. The molecule has 0 aliphatic carbocycles. The zero-order valence-corrected chi connectivity index (χ0v) is 8.96. The van der Waals surface area contributed by atoms with Crippen LogP contribution < -0.4 is 4.74 Å². The lowest BCUT2D eigenvalue weighted by Crippen LogP contribution is -2.04. The number of rotatable bonds is 4. The Morgan fingerprint density at radius 3 is 2.67 bits per heavy atom. The lowest BCUT2D eigenvalue weighted by atomic mass is 10.3. The third-order valence-corrected chi connectivity index (χ3v) is 2.02. The minimum absolute atomic E-state index is 0.0441. The summed E-state index contributed by atoms with van der Waals surface area (Å²) in [6, 6.07) is 2.48. The second-order valence-corrected chi connectivity index (χ2v) is 3.41. The first-order valence-electron chi connectivity index (χ1n) is 3.93. The van der Waals surface area contributed by atoms with Gasteiger partial charge in [0.2, 0.25) is 5.75 Å². The first-order chi connectivity index (χ1) is 7.06. The van der Waals surface area contributed by atoms with E-state index in [0.717, 1.165) is 6.07 Å². The van der Waals surface area contributed by atoms with Crippen LogP contribution in [-0.2, 0) is 0 Å². The fourth-order valence-electron chi connectivity index (χ4n) is 0.973. The van der Waals surface area contributed by atoms with Gasteiger partial charge in [0.1, 0.15) is 6.61 Å². The number of hydrogen-bond donors (Lipinski definition) is 1. The normalized spacial score (nSPS) is 10.1. The minimum atomic E-state index is -0.648. The summed E-state index contributed by atoms with van der Waals surface area (Å²) < 4.78 is 4.95. The van der Waals surface area contributed by atoms with Gasteiger partial charge in [-0.3, -0.25) is 10.1 Å². The molecule has 0 amide bonds. The highest BCUT2D eigenvalue weighted by molar-refractivity contribution is 6.36. The van der Waals surface area contributed by atoms with E-state index in [-0.39, 0.29) is 34.7 Å². The highest BCUT2D eigenvalue weighted by Crippen LogP contribution is 2.37. The van der Waals surface area contributed by atoms with E-state index in [4.69, 9.17) is 33.0 Å². The Bertz CT molecular complexity index is 383. The van der Waals surface area contributed by atoms with E-state index in [0.29, 0.717) is 0 Å². The molecule has 0 saturated carbocycles. The molecular formula is C8H7Cl2NO4. The van der Waals surface area contributed by atoms with E-state index in [1.807, 2.05) is 0 Å². The summed E-state index contributed by atoms with van der Waals surface area (Å²) in [5, 5.41) is 19.4. The van der Waals surface area contributed by atoms with Gasteiger partial charge < -0.3 is 9.84 Å². The van der Waals surface area contributed by atoms with Gasteiger partial charge in [-0.25, -0.2) is 0 Å². The van der Waals surface area contributed by atoms with E-state index in [1.165, 1.54) is 6.07 Å². The zero-order valence-electron chi connectivity index (χ0n) is 7.44. The van der Waals surface area contributed by atoms with Crippen LogP contribution in [0.3, 0.4) is 0 Å². The van der Waals surface area contributed by atoms with E-state index in [9.17, 15) is 10.1 Å². The molecule has 7 heteroatoms. The maximum absolute atomic E-state index is 10.6. The van der Waals surface area contributed by atoms with Gasteiger partial charge in [0.15, 0.2) is 0 Å². The Kier molecular flexibility index (Phi) is 4.14. The van der Waals surface area contributed by atoms with Crippen molar-refractivity contribution >= 4 is 28.9 Å². The molecular weight excluding hydrogens is 245 g/mol. The number of benzene rings is 1. The molecule has 1 aromatic carbocycles. The SMILES string of the molecule is O=[N+]([O-])c1cc(Cl)cc(Cl)c1OCCO. The van der Waals surface area contributed by atoms with Crippen LogP contribution in [0.4, 0.5) is 5.69 Å². The van der Waals surface area contributed by atoms with Crippen LogP contribution in [-0.4, -0.2) is 23.2 Å². The number of nitrogens with zero attached hydrogens (tertiary/aromatic N) is 1. The van der Waals surface area contributed by atoms with Gasteiger partial charge in [-0.05, 0) is 6.07 Å². The first-order valence-corrected chi connectivity index (χ1v) is 4.69. The molecule has 0 aliphatic rings. The zero-order chi connectivity index (χ0) is 11.4. The molecule has 0 radical (unpaired) electrons. The molecule has 1 N–H and O–H groups in total. The summed E-state index contributed by atoms with van der Waals surface area (Å²) >= 11 is 11.3. The summed E-state index contributed by atoms with van der Waals surface area (Å²) in [6.07, 6.45) is 0. The van der Waals surface area contributed by atoms with Crippen molar-refractivity contribution in [3.05, 3.63) is 32.3 Å². The van der Waals surface area contributed by atoms with Crippen molar-refractivity contribution in [2.24, 2.45) is 0 Å². The average molecular weight is 252 g/mol. The lowest BCUT2D eigenvalue weighted by molar-refractivity contribution is -0.385. The van der Waals surface area contributed by atoms with Crippen LogP contribution in [0.5, 0.6) is 5.75 Å². The molecule has 1 aromatic rings. The quantitative estimate of drug-likeness (QED) is 0.658. The highest BCUT2D eigenvalue weighted by Gasteiger charge is 2.19. The van der Waals surface area contributed by atoms with E-state index < -0.39 is 4.92 Å². The van der Waals surface area contributed by atoms with Gasteiger partial charge in [-0.2, -0.15) is 0 Å². The van der Waals surface area contributed by atoms with Crippen LogP contribution in [0.15, 0.2) is 12.1 Å². The Hall–Kier alpha value is -1.04. The molecule has 0 unspecified atom stereocenters. The van der Waals surface area contributed by atoms with Crippen molar-refractivity contribution < 1.29 is 14.8 Å². The smallest absolute Gasteiger partial charge is 0.314 e. The van der Waals surface area contributed by atoms with Crippen LogP contribution in [0.1, 0.15) is 0 Å². The monoisotopic (exact) mass is 251 g/mol. The molecule has 15 heavy (non-hydrogen) atoms. The Morgan fingerprint density at radius 1 is 1.47 bits per heavy atom. The fourth-order valence-corrected chi connectivity index (χ4v) is 1.51. The van der Waals surface area contributed by atoms with E-state index >= 15 is 0 Å². The first kappa shape index (κ1) is 12.0. The molecule has 82 valence electrons. The maximum Gasteiger partial charge on any atom is 0.314 e. The number of nitro benzene ring substituents is 1. The second-order valence-electron chi connectivity index (χ2n) is 2.57. The van der Waals surface area contributed by atoms with E-state index in [2.05, 4.69) is 0 Å². The van der Waals surface area contributed by atoms with Gasteiger partial charge in [0.25, 0.3) is 0 Å². The van der Waals surface area contributed by atoms with Crippen LogP contribution >= 0.6 is 23.2 Å². The van der Waals surface area contributed by atoms with Crippen molar-refractivity contribution in [2.75, 3.05) is 13.2 Å². The number of nitro groups is 1. The Balaban J connectivity index is 3.15.